The molecule has 1 aromatic rings. The number of nitrogens with zero attached hydrogens (tertiary/aromatic N) is 1. The van der Waals surface area contributed by atoms with Gasteiger partial charge in [0, 0.05) is 19.6 Å². The highest BCUT2D eigenvalue weighted by Crippen LogP contribution is 2.14. The van der Waals surface area contributed by atoms with Gasteiger partial charge < -0.3 is 10.1 Å². The second kappa shape index (κ2) is 7.52. The maximum Gasteiger partial charge on any atom is 0.238 e. The molecule has 0 bridgehead atoms. The first kappa shape index (κ1) is 16.7. The van der Waals surface area contributed by atoms with E-state index < -0.39 is 10.0 Å². The van der Waals surface area contributed by atoms with Crippen molar-refractivity contribution in [2.75, 3.05) is 26.3 Å². The monoisotopic (exact) mass is 347 g/mol. The molecule has 1 heterocycles. The maximum absolute atomic E-state index is 11.2. The average Bonchev–Trinajstić information content (AvgIpc) is 2.46. The van der Waals surface area contributed by atoms with E-state index in [0.717, 1.165) is 31.9 Å². The van der Waals surface area contributed by atoms with Crippen LogP contribution in [0.5, 0.6) is 0 Å². The first-order valence-electron chi connectivity index (χ1n) is 6.35. The van der Waals surface area contributed by atoms with Gasteiger partial charge in [0.25, 0.3) is 0 Å². The minimum Gasteiger partial charge on any atom is -0.379 e. The normalized spacial score (nSPS) is 16.6. The maximum atomic E-state index is 11.2. The number of morpholine rings is 1. The van der Waals surface area contributed by atoms with Crippen LogP contribution < -0.4 is 10.5 Å². The van der Waals surface area contributed by atoms with Crippen LogP contribution in [0.4, 0.5) is 0 Å². The third-order valence-electron chi connectivity index (χ3n) is 2.87. The summed E-state index contributed by atoms with van der Waals surface area (Å²) in [5.74, 6) is 0. The molecule has 1 aromatic carbocycles. The van der Waals surface area contributed by atoms with Crippen molar-refractivity contribution in [2.45, 2.75) is 11.4 Å². The van der Waals surface area contributed by atoms with Crippen molar-refractivity contribution in [3.05, 3.63) is 29.8 Å². The molecule has 0 radical (unpaired) electrons. The summed E-state index contributed by atoms with van der Waals surface area (Å²) in [7, 11) is -3.64. The Hall–Kier alpha value is -0.710. The predicted octanol–water partition coefficient (Wildman–Crippen LogP) is 0.689. The summed E-state index contributed by atoms with van der Waals surface area (Å²) in [5.41, 5.74) is 0.937. The fourth-order valence-electron chi connectivity index (χ4n) is 1.76. The van der Waals surface area contributed by atoms with Crippen molar-refractivity contribution in [3.8, 4) is 0 Å². The Morgan fingerprint density at radius 1 is 1.33 bits per heavy atom. The van der Waals surface area contributed by atoms with Gasteiger partial charge >= 0.3 is 0 Å². The molecule has 21 heavy (non-hydrogen) atoms. The van der Waals surface area contributed by atoms with Crippen molar-refractivity contribution in [3.63, 3.8) is 0 Å². The number of benzene rings is 1. The fourth-order valence-corrected chi connectivity index (χ4v) is 3.37. The van der Waals surface area contributed by atoms with Crippen molar-refractivity contribution < 1.29 is 13.2 Å². The van der Waals surface area contributed by atoms with Crippen LogP contribution in [-0.2, 0) is 21.3 Å². The molecule has 0 spiro atoms. The van der Waals surface area contributed by atoms with Crippen LogP contribution in [0.3, 0.4) is 0 Å². The van der Waals surface area contributed by atoms with Gasteiger partial charge in [0.05, 0.1) is 18.1 Å². The molecule has 1 aliphatic heterocycles. The van der Waals surface area contributed by atoms with E-state index in [1.165, 1.54) is 24.1 Å². The zero-order valence-electron chi connectivity index (χ0n) is 11.3. The molecule has 116 valence electrons. The van der Waals surface area contributed by atoms with Gasteiger partial charge in [-0.3, -0.25) is 0 Å². The molecular formula is C12H17N3O3S3. The Bertz CT molecular complexity index is 584. The SMILES string of the molecule is NS(=O)(=O)c1ccc(CNC(=S)SN2CCOCC2)cc1. The van der Waals surface area contributed by atoms with E-state index in [4.69, 9.17) is 22.1 Å². The zero-order valence-corrected chi connectivity index (χ0v) is 13.8. The summed E-state index contributed by atoms with van der Waals surface area (Å²) >= 11 is 6.78. The number of ether oxygens (including phenoxy) is 1. The number of sulfonamides is 1. The molecule has 0 unspecified atom stereocenters. The Kier molecular flexibility index (Phi) is 5.97. The molecule has 1 fully saturated rings. The molecule has 1 saturated heterocycles. The summed E-state index contributed by atoms with van der Waals surface area (Å²) in [6.45, 7) is 3.71. The van der Waals surface area contributed by atoms with Crippen LogP contribution in [0.2, 0.25) is 0 Å². The number of nitrogens with one attached hydrogen (secondary N) is 1. The summed E-state index contributed by atoms with van der Waals surface area (Å²) < 4.78 is 30.4. The van der Waals surface area contributed by atoms with Crippen molar-refractivity contribution in [1.82, 2.24) is 9.62 Å². The predicted molar refractivity (Wildman–Crippen MR) is 87.2 cm³/mol. The summed E-state index contributed by atoms with van der Waals surface area (Å²) in [6.07, 6.45) is 0. The van der Waals surface area contributed by atoms with Crippen LogP contribution >= 0.6 is 24.2 Å². The first-order chi connectivity index (χ1) is 9.95. The molecule has 2 rings (SSSR count). The Morgan fingerprint density at radius 2 is 1.95 bits per heavy atom. The van der Waals surface area contributed by atoms with E-state index in [2.05, 4.69) is 9.62 Å². The number of primary sulfonamides is 1. The van der Waals surface area contributed by atoms with Gasteiger partial charge in [-0.15, -0.1) is 0 Å². The van der Waals surface area contributed by atoms with Crippen molar-refractivity contribution in [1.29, 1.82) is 0 Å². The summed E-state index contributed by atoms with van der Waals surface area (Å²) in [6, 6.07) is 6.42. The molecule has 0 aromatic heterocycles. The van der Waals surface area contributed by atoms with E-state index in [9.17, 15) is 8.42 Å². The third kappa shape index (κ3) is 5.53. The number of thiocarbonyl (C=S) groups is 1. The van der Waals surface area contributed by atoms with Crippen LogP contribution in [0, 0.1) is 0 Å². The van der Waals surface area contributed by atoms with Gasteiger partial charge in [-0.1, -0.05) is 24.4 Å². The van der Waals surface area contributed by atoms with Gasteiger partial charge in [0.1, 0.15) is 4.32 Å². The lowest BCUT2D eigenvalue weighted by molar-refractivity contribution is 0.0777. The lowest BCUT2D eigenvalue weighted by atomic mass is 10.2. The van der Waals surface area contributed by atoms with Crippen LogP contribution in [0.1, 0.15) is 5.56 Å². The fraction of sp³-hybridized carbons (Fsp3) is 0.417. The molecule has 1 aliphatic rings. The van der Waals surface area contributed by atoms with Crippen molar-refractivity contribution in [2.24, 2.45) is 5.14 Å². The highest BCUT2D eigenvalue weighted by Gasteiger charge is 2.13. The van der Waals surface area contributed by atoms with Gasteiger partial charge in [0.2, 0.25) is 10.0 Å². The topological polar surface area (TPSA) is 84.7 Å². The van der Waals surface area contributed by atoms with Gasteiger partial charge in [-0.05, 0) is 29.6 Å². The zero-order chi connectivity index (χ0) is 15.3. The standard InChI is InChI=1S/C12H17N3O3S3/c13-21(16,17)11-3-1-10(2-4-11)9-14-12(19)20-15-5-7-18-8-6-15/h1-4H,5-9H2,(H,14,19)(H2,13,16,17). The molecule has 9 heteroatoms. The molecule has 3 N–H and O–H groups in total. The van der Waals surface area contributed by atoms with E-state index in [1.807, 2.05) is 0 Å². The highest BCUT2D eigenvalue weighted by atomic mass is 32.2. The minimum atomic E-state index is -3.64. The van der Waals surface area contributed by atoms with Gasteiger partial charge in [0.15, 0.2) is 0 Å². The van der Waals surface area contributed by atoms with Crippen LogP contribution in [0.15, 0.2) is 29.2 Å². The lowest BCUT2D eigenvalue weighted by Gasteiger charge is -2.25. The van der Waals surface area contributed by atoms with Gasteiger partial charge in [-0.25, -0.2) is 17.9 Å². The van der Waals surface area contributed by atoms with Gasteiger partial charge in [-0.2, -0.15) is 0 Å². The quantitative estimate of drug-likeness (QED) is 0.612. The molecule has 0 saturated carbocycles. The molecular weight excluding hydrogens is 330 g/mol. The lowest BCUT2D eigenvalue weighted by Crippen LogP contribution is -2.34. The highest BCUT2D eigenvalue weighted by molar-refractivity contribution is 8.21. The van der Waals surface area contributed by atoms with E-state index in [-0.39, 0.29) is 4.90 Å². The molecule has 0 atom stereocenters. The minimum absolute atomic E-state index is 0.108. The summed E-state index contributed by atoms with van der Waals surface area (Å²) in [5, 5.41) is 8.19. The Balaban J connectivity index is 1.81. The number of rotatable bonds is 4. The number of hydrogen-bond donors (Lipinski definition) is 2. The Morgan fingerprint density at radius 3 is 2.52 bits per heavy atom. The van der Waals surface area contributed by atoms with Crippen molar-refractivity contribution >= 4 is 38.5 Å². The molecule has 6 nitrogen and oxygen atoms in total. The number of hydrogen-bond acceptors (Lipinski definition) is 6. The largest absolute Gasteiger partial charge is 0.379 e. The average molecular weight is 347 g/mol. The second-order valence-electron chi connectivity index (χ2n) is 4.46. The molecule has 0 amide bonds. The smallest absolute Gasteiger partial charge is 0.238 e. The van der Waals surface area contributed by atoms with E-state index in [0.29, 0.717) is 10.9 Å². The number of nitrogens with two attached hydrogens (primary N) is 1. The van der Waals surface area contributed by atoms with E-state index >= 15 is 0 Å². The first-order valence-corrected chi connectivity index (χ1v) is 9.08. The van der Waals surface area contributed by atoms with Crippen LogP contribution in [-0.4, -0.2) is 43.3 Å². The molecule has 0 aliphatic carbocycles. The third-order valence-corrected chi connectivity index (χ3v) is 5.10. The van der Waals surface area contributed by atoms with E-state index in [1.54, 1.807) is 12.1 Å². The second-order valence-corrected chi connectivity index (χ2v) is 7.80. The summed E-state index contributed by atoms with van der Waals surface area (Å²) in [4.78, 5) is 0.108. The Labute approximate surface area is 134 Å². The van der Waals surface area contributed by atoms with Crippen LogP contribution in [0.25, 0.3) is 0 Å².